The Morgan fingerprint density at radius 3 is 2.58 bits per heavy atom. The lowest BCUT2D eigenvalue weighted by atomic mass is 9.89. The molecule has 1 fully saturated rings. The number of nitrogens with zero attached hydrogens (tertiary/aromatic N) is 2. The standard InChI is InChI=1S/C13H18ClN3O2/c1-13(15-2)5-7-16(8-6-13)11-4-3-10(14)9-12(11)17(18)19/h3-4,9,15H,5-8H2,1-2H3. The van der Waals surface area contributed by atoms with Crippen LogP contribution in [-0.4, -0.2) is 30.6 Å². The average Bonchev–Trinajstić information content (AvgIpc) is 2.40. The van der Waals surface area contributed by atoms with Gasteiger partial charge in [0.2, 0.25) is 0 Å². The smallest absolute Gasteiger partial charge is 0.294 e. The number of rotatable bonds is 3. The number of piperidine rings is 1. The highest BCUT2D eigenvalue weighted by Gasteiger charge is 2.30. The molecule has 1 aliphatic rings. The molecule has 1 aliphatic heterocycles. The van der Waals surface area contributed by atoms with E-state index in [1.54, 1.807) is 12.1 Å². The first-order valence-corrected chi connectivity index (χ1v) is 6.71. The summed E-state index contributed by atoms with van der Waals surface area (Å²) in [5.41, 5.74) is 0.866. The number of benzene rings is 1. The van der Waals surface area contributed by atoms with Gasteiger partial charge in [-0.1, -0.05) is 11.6 Å². The van der Waals surface area contributed by atoms with Crippen molar-refractivity contribution in [1.82, 2.24) is 5.32 Å². The fraction of sp³-hybridized carbons (Fsp3) is 0.538. The molecule has 0 bridgehead atoms. The van der Waals surface area contributed by atoms with Gasteiger partial charge in [0.25, 0.3) is 5.69 Å². The van der Waals surface area contributed by atoms with Crippen molar-refractivity contribution in [2.24, 2.45) is 0 Å². The zero-order chi connectivity index (χ0) is 14.0. The van der Waals surface area contributed by atoms with E-state index in [0.29, 0.717) is 10.7 Å². The summed E-state index contributed by atoms with van der Waals surface area (Å²) in [4.78, 5) is 12.8. The number of halogens is 1. The van der Waals surface area contributed by atoms with E-state index in [9.17, 15) is 10.1 Å². The van der Waals surface area contributed by atoms with Gasteiger partial charge in [-0.2, -0.15) is 0 Å². The van der Waals surface area contributed by atoms with E-state index < -0.39 is 0 Å². The Balaban J connectivity index is 2.22. The molecule has 0 amide bonds. The second kappa shape index (κ2) is 5.35. The van der Waals surface area contributed by atoms with Gasteiger partial charge in [-0.05, 0) is 38.9 Å². The van der Waals surface area contributed by atoms with Crippen molar-refractivity contribution >= 4 is 23.0 Å². The predicted octanol–water partition coefficient (Wildman–Crippen LogP) is 2.83. The van der Waals surface area contributed by atoms with Gasteiger partial charge in [0, 0.05) is 29.7 Å². The van der Waals surface area contributed by atoms with Gasteiger partial charge in [-0.3, -0.25) is 10.1 Å². The summed E-state index contributed by atoms with van der Waals surface area (Å²) in [5, 5.41) is 14.8. The molecule has 19 heavy (non-hydrogen) atoms. The van der Waals surface area contributed by atoms with Crippen LogP contribution in [-0.2, 0) is 0 Å². The molecular formula is C13H18ClN3O2. The minimum absolute atomic E-state index is 0.0839. The molecule has 104 valence electrons. The molecule has 0 aromatic heterocycles. The van der Waals surface area contributed by atoms with Crippen LogP contribution < -0.4 is 10.2 Å². The monoisotopic (exact) mass is 283 g/mol. The first-order chi connectivity index (χ1) is 8.95. The topological polar surface area (TPSA) is 58.4 Å². The van der Waals surface area contributed by atoms with Crippen molar-refractivity contribution in [2.45, 2.75) is 25.3 Å². The summed E-state index contributed by atoms with van der Waals surface area (Å²) >= 11 is 5.83. The average molecular weight is 284 g/mol. The van der Waals surface area contributed by atoms with Gasteiger partial charge in [0.15, 0.2) is 0 Å². The van der Waals surface area contributed by atoms with Gasteiger partial charge in [-0.15, -0.1) is 0 Å². The quantitative estimate of drug-likeness (QED) is 0.684. The van der Waals surface area contributed by atoms with Crippen molar-refractivity contribution in [2.75, 3.05) is 25.0 Å². The van der Waals surface area contributed by atoms with E-state index >= 15 is 0 Å². The lowest BCUT2D eigenvalue weighted by Gasteiger charge is -2.40. The molecule has 1 N–H and O–H groups in total. The normalized spacial score (nSPS) is 18.4. The molecule has 1 heterocycles. The molecule has 5 nitrogen and oxygen atoms in total. The molecule has 0 saturated carbocycles. The fourth-order valence-electron chi connectivity index (χ4n) is 2.40. The largest absolute Gasteiger partial charge is 0.366 e. The first-order valence-electron chi connectivity index (χ1n) is 6.33. The fourth-order valence-corrected chi connectivity index (χ4v) is 2.57. The highest BCUT2D eigenvalue weighted by molar-refractivity contribution is 6.30. The summed E-state index contributed by atoms with van der Waals surface area (Å²) < 4.78 is 0. The Labute approximate surface area is 117 Å². The Hall–Kier alpha value is -1.33. The molecule has 0 aliphatic carbocycles. The zero-order valence-corrected chi connectivity index (χ0v) is 11.9. The number of anilines is 1. The summed E-state index contributed by atoms with van der Waals surface area (Å²) in [7, 11) is 1.96. The van der Waals surface area contributed by atoms with E-state index in [4.69, 9.17) is 11.6 Å². The SMILES string of the molecule is CNC1(C)CCN(c2ccc(Cl)cc2[N+](=O)[O-])CC1. The van der Waals surface area contributed by atoms with Crippen LogP contribution in [0.2, 0.25) is 5.02 Å². The van der Waals surface area contributed by atoms with Crippen LogP contribution in [0.4, 0.5) is 11.4 Å². The molecule has 0 atom stereocenters. The number of nitro benzene ring substituents is 1. The van der Waals surface area contributed by atoms with Crippen LogP contribution in [0, 0.1) is 10.1 Å². The van der Waals surface area contributed by atoms with Crippen molar-refractivity contribution in [1.29, 1.82) is 0 Å². The highest BCUT2D eigenvalue weighted by Crippen LogP contribution is 2.34. The molecule has 1 aromatic carbocycles. The molecule has 2 rings (SSSR count). The number of hydrogen-bond acceptors (Lipinski definition) is 4. The Kier molecular flexibility index (Phi) is 3.96. The number of hydrogen-bond donors (Lipinski definition) is 1. The van der Waals surface area contributed by atoms with Gasteiger partial charge in [0.1, 0.15) is 5.69 Å². The second-order valence-corrected chi connectivity index (χ2v) is 5.62. The Bertz CT molecular complexity index is 485. The predicted molar refractivity (Wildman–Crippen MR) is 77.0 cm³/mol. The minimum atomic E-state index is -0.368. The molecule has 6 heteroatoms. The molecule has 1 aromatic rings. The maximum atomic E-state index is 11.1. The first kappa shape index (κ1) is 14.1. The summed E-state index contributed by atoms with van der Waals surface area (Å²) in [5.74, 6) is 0. The van der Waals surface area contributed by atoms with E-state index in [1.807, 2.05) is 7.05 Å². The summed E-state index contributed by atoms with van der Waals surface area (Å²) in [6.45, 7) is 3.79. The molecular weight excluding hydrogens is 266 g/mol. The number of nitro groups is 1. The van der Waals surface area contributed by atoms with Gasteiger partial charge in [-0.25, -0.2) is 0 Å². The molecule has 0 spiro atoms. The van der Waals surface area contributed by atoms with E-state index in [-0.39, 0.29) is 16.1 Å². The maximum Gasteiger partial charge on any atom is 0.294 e. The third kappa shape index (κ3) is 2.98. The molecule has 0 radical (unpaired) electrons. The van der Waals surface area contributed by atoms with Gasteiger partial charge >= 0.3 is 0 Å². The lowest BCUT2D eigenvalue weighted by Crippen LogP contribution is -2.50. The van der Waals surface area contributed by atoms with Crippen LogP contribution in [0.5, 0.6) is 0 Å². The second-order valence-electron chi connectivity index (χ2n) is 5.19. The lowest BCUT2D eigenvalue weighted by molar-refractivity contribution is -0.384. The third-order valence-corrected chi connectivity index (χ3v) is 4.18. The van der Waals surface area contributed by atoms with Crippen LogP contribution in [0.25, 0.3) is 0 Å². The van der Waals surface area contributed by atoms with E-state index in [2.05, 4.69) is 17.1 Å². The molecule has 1 saturated heterocycles. The minimum Gasteiger partial charge on any atom is -0.366 e. The highest BCUT2D eigenvalue weighted by atomic mass is 35.5. The summed E-state index contributed by atoms with van der Waals surface area (Å²) in [6.07, 6.45) is 1.92. The van der Waals surface area contributed by atoms with Gasteiger partial charge < -0.3 is 10.2 Å². The van der Waals surface area contributed by atoms with Gasteiger partial charge in [0.05, 0.1) is 4.92 Å². The van der Waals surface area contributed by atoms with E-state index in [0.717, 1.165) is 25.9 Å². The Morgan fingerprint density at radius 1 is 1.42 bits per heavy atom. The zero-order valence-electron chi connectivity index (χ0n) is 11.1. The van der Waals surface area contributed by atoms with Crippen molar-refractivity contribution < 1.29 is 4.92 Å². The molecule has 0 unspecified atom stereocenters. The van der Waals surface area contributed by atoms with Crippen molar-refractivity contribution in [3.05, 3.63) is 33.3 Å². The van der Waals surface area contributed by atoms with Crippen molar-refractivity contribution in [3.8, 4) is 0 Å². The number of nitrogens with one attached hydrogen (secondary N) is 1. The van der Waals surface area contributed by atoms with Crippen LogP contribution >= 0.6 is 11.6 Å². The van der Waals surface area contributed by atoms with Crippen molar-refractivity contribution in [3.63, 3.8) is 0 Å². The maximum absolute atomic E-state index is 11.1. The van der Waals surface area contributed by atoms with Crippen LogP contribution in [0.15, 0.2) is 18.2 Å². The van der Waals surface area contributed by atoms with Crippen LogP contribution in [0.1, 0.15) is 19.8 Å². The Morgan fingerprint density at radius 2 is 2.05 bits per heavy atom. The third-order valence-electron chi connectivity index (χ3n) is 3.95. The van der Waals surface area contributed by atoms with Crippen LogP contribution in [0.3, 0.4) is 0 Å². The van der Waals surface area contributed by atoms with E-state index in [1.165, 1.54) is 6.07 Å². The summed E-state index contributed by atoms with van der Waals surface area (Å²) in [6, 6.07) is 4.86.